The van der Waals surface area contributed by atoms with E-state index in [1.165, 1.54) is 12.1 Å². The number of alkyl halides is 3. The first-order chi connectivity index (χ1) is 7.43. The molecule has 0 saturated heterocycles. The van der Waals surface area contributed by atoms with Crippen molar-refractivity contribution in [2.45, 2.75) is 13.1 Å². The second kappa shape index (κ2) is 4.87. The number of nitrogens with one attached hydrogen (secondary N) is 2. The van der Waals surface area contributed by atoms with Gasteiger partial charge in [0, 0.05) is 17.9 Å². The van der Waals surface area contributed by atoms with Gasteiger partial charge in [0.25, 0.3) is 0 Å². The lowest BCUT2D eigenvalue weighted by Crippen LogP contribution is -2.29. The first-order valence-corrected chi connectivity index (χ1v) is 4.65. The number of anilines is 2. The van der Waals surface area contributed by atoms with Gasteiger partial charge < -0.3 is 10.6 Å². The Bertz CT molecular complexity index is 359. The van der Waals surface area contributed by atoms with Crippen LogP contribution in [0.15, 0.2) is 24.3 Å². The van der Waals surface area contributed by atoms with Gasteiger partial charge in [-0.2, -0.15) is 13.2 Å². The van der Waals surface area contributed by atoms with Crippen molar-refractivity contribution in [1.29, 1.82) is 0 Å². The fraction of sp³-hybridized carbons (Fsp3) is 0.300. The Morgan fingerprint density at radius 2 is 1.69 bits per heavy atom. The van der Waals surface area contributed by atoms with Gasteiger partial charge in [-0.25, -0.2) is 0 Å². The van der Waals surface area contributed by atoms with Crippen molar-refractivity contribution in [3.05, 3.63) is 24.3 Å². The minimum Gasteiger partial charge on any atom is -0.385 e. The number of carbonyl (C=O) groups excluding carboxylic acids is 1. The predicted octanol–water partition coefficient (Wildman–Crippen LogP) is 2.62. The molecular weight excluding hydrogens is 221 g/mol. The molecule has 0 aromatic heterocycles. The van der Waals surface area contributed by atoms with Crippen LogP contribution in [0.25, 0.3) is 0 Å². The highest BCUT2D eigenvalue weighted by Gasteiger charge is 2.38. The summed E-state index contributed by atoms with van der Waals surface area (Å²) >= 11 is 0. The number of halogens is 3. The molecule has 1 amide bonds. The van der Waals surface area contributed by atoms with E-state index in [0.29, 0.717) is 6.54 Å². The van der Waals surface area contributed by atoms with Crippen LogP contribution >= 0.6 is 0 Å². The summed E-state index contributed by atoms with van der Waals surface area (Å²) < 4.78 is 35.7. The average Bonchev–Trinajstić information content (AvgIpc) is 2.20. The third kappa shape index (κ3) is 3.45. The van der Waals surface area contributed by atoms with Crippen molar-refractivity contribution in [2.75, 3.05) is 17.2 Å². The highest BCUT2D eigenvalue weighted by Crippen LogP contribution is 2.19. The van der Waals surface area contributed by atoms with E-state index >= 15 is 0 Å². The maximum atomic E-state index is 11.9. The van der Waals surface area contributed by atoms with E-state index in [-0.39, 0.29) is 5.69 Å². The Hall–Kier alpha value is -1.72. The molecule has 0 aliphatic carbocycles. The highest BCUT2D eigenvalue weighted by atomic mass is 19.4. The van der Waals surface area contributed by atoms with E-state index in [2.05, 4.69) is 5.32 Å². The summed E-state index contributed by atoms with van der Waals surface area (Å²) in [7, 11) is 0. The molecule has 1 aromatic carbocycles. The van der Waals surface area contributed by atoms with Crippen molar-refractivity contribution in [1.82, 2.24) is 0 Å². The third-order valence-electron chi connectivity index (χ3n) is 1.78. The van der Waals surface area contributed by atoms with Crippen LogP contribution in [0.2, 0.25) is 0 Å². The van der Waals surface area contributed by atoms with Crippen molar-refractivity contribution in [3.8, 4) is 0 Å². The van der Waals surface area contributed by atoms with E-state index in [4.69, 9.17) is 0 Å². The fourth-order valence-electron chi connectivity index (χ4n) is 1.08. The van der Waals surface area contributed by atoms with Crippen LogP contribution in [0.5, 0.6) is 0 Å². The zero-order valence-corrected chi connectivity index (χ0v) is 8.56. The second-order valence-electron chi connectivity index (χ2n) is 3.06. The topological polar surface area (TPSA) is 41.1 Å². The molecule has 1 rings (SSSR count). The lowest BCUT2D eigenvalue weighted by Gasteiger charge is -2.08. The molecule has 0 atom stereocenters. The zero-order valence-electron chi connectivity index (χ0n) is 8.56. The average molecular weight is 232 g/mol. The smallest absolute Gasteiger partial charge is 0.385 e. The molecule has 0 aliphatic rings. The van der Waals surface area contributed by atoms with Crippen LogP contribution in [0.4, 0.5) is 24.5 Å². The third-order valence-corrected chi connectivity index (χ3v) is 1.78. The van der Waals surface area contributed by atoms with Gasteiger partial charge in [-0.1, -0.05) is 0 Å². The molecule has 0 saturated carbocycles. The summed E-state index contributed by atoms with van der Waals surface area (Å²) in [6, 6.07) is 5.99. The molecule has 0 bridgehead atoms. The second-order valence-corrected chi connectivity index (χ2v) is 3.06. The van der Waals surface area contributed by atoms with E-state index < -0.39 is 12.1 Å². The molecule has 88 valence electrons. The predicted molar refractivity (Wildman–Crippen MR) is 55.3 cm³/mol. The van der Waals surface area contributed by atoms with E-state index in [1.54, 1.807) is 17.4 Å². The number of hydrogen-bond donors (Lipinski definition) is 2. The number of carbonyl (C=O) groups is 1. The normalized spacial score (nSPS) is 11.0. The summed E-state index contributed by atoms with van der Waals surface area (Å²) in [4.78, 5) is 10.6. The van der Waals surface area contributed by atoms with Gasteiger partial charge in [0.05, 0.1) is 0 Å². The molecule has 0 radical (unpaired) electrons. The van der Waals surface area contributed by atoms with Crippen molar-refractivity contribution >= 4 is 17.3 Å². The first kappa shape index (κ1) is 12.4. The monoisotopic (exact) mass is 232 g/mol. The van der Waals surface area contributed by atoms with E-state index in [1.807, 2.05) is 6.92 Å². The van der Waals surface area contributed by atoms with E-state index in [9.17, 15) is 18.0 Å². The molecule has 6 heteroatoms. The molecule has 3 nitrogen and oxygen atoms in total. The minimum atomic E-state index is -4.86. The van der Waals surface area contributed by atoms with Crippen molar-refractivity contribution in [2.24, 2.45) is 0 Å². The van der Waals surface area contributed by atoms with Gasteiger partial charge in [0.1, 0.15) is 0 Å². The van der Waals surface area contributed by atoms with Gasteiger partial charge in [-0.15, -0.1) is 0 Å². The molecule has 0 fully saturated rings. The van der Waals surface area contributed by atoms with Crippen LogP contribution in [0.1, 0.15) is 6.92 Å². The summed E-state index contributed by atoms with van der Waals surface area (Å²) in [5.74, 6) is -1.97. The van der Waals surface area contributed by atoms with Gasteiger partial charge in [0.2, 0.25) is 0 Å². The Kier molecular flexibility index (Phi) is 3.76. The SMILES string of the molecule is CCNc1ccc(NC(=O)C(F)(F)F)cc1. The molecule has 1 aromatic rings. The van der Waals surface area contributed by atoms with E-state index in [0.717, 1.165) is 5.69 Å². The molecule has 0 heterocycles. The number of rotatable bonds is 3. The maximum absolute atomic E-state index is 11.9. The van der Waals surface area contributed by atoms with Gasteiger partial charge >= 0.3 is 12.1 Å². The Morgan fingerprint density at radius 3 is 2.12 bits per heavy atom. The number of amides is 1. The Morgan fingerprint density at radius 1 is 1.19 bits per heavy atom. The standard InChI is InChI=1S/C10H11F3N2O/c1-2-14-7-3-5-8(6-4-7)15-9(16)10(11,12)13/h3-6,14H,2H2,1H3,(H,15,16). The fourth-order valence-corrected chi connectivity index (χ4v) is 1.08. The molecule has 0 aliphatic heterocycles. The maximum Gasteiger partial charge on any atom is 0.471 e. The number of hydrogen-bond acceptors (Lipinski definition) is 2. The van der Waals surface area contributed by atoms with Crippen LogP contribution in [-0.4, -0.2) is 18.6 Å². The van der Waals surface area contributed by atoms with Crippen molar-refractivity contribution < 1.29 is 18.0 Å². The lowest BCUT2D eigenvalue weighted by atomic mass is 10.2. The van der Waals surface area contributed by atoms with Gasteiger partial charge in [-0.3, -0.25) is 4.79 Å². The largest absolute Gasteiger partial charge is 0.471 e. The molecule has 0 unspecified atom stereocenters. The zero-order chi connectivity index (χ0) is 12.2. The summed E-state index contributed by atoms with van der Waals surface area (Å²) in [5.41, 5.74) is 0.900. The molecular formula is C10H11F3N2O. The summed E-state index contributed by atoms with van der Waals surface area (Å²) in [6.07, 6.45) is -4.86. The first-order valence-electron chi connectivity index (χ1n) is 4.65. The lowest BCUT2D eigenvalue weighted by molar-refractivity contribution is -0.167. The van der Waals surface area contributed by atoms with Gasteiger partial charge in [0.15, 0.2) is 0 Å². The van der Waals surface area contributed by atoms with Crippen LogP contribution < -0.4 is 10.6 Å². The minimum absolute atomic E-state index is 0.115. The summed E-state index contributed by atoms with van der Waals surface area (Å²) in [5, 5.41) is 4.74. The molecule has 2 N–H and O–H groups in total. The van der Waals surface area contributed by atoms with Crippen LogP contribution in [-0.2, 0) is 4.79 Å². The Balaban J connectivity index is 2.65. The quantitative estimate of drug-likeness (QED) is 0.841. The Labute approximate surface area is 90.6 Å². The van der Waals surface area contributed by atoms with Gasteiger partial charge in [-0.05, 0) is 31.2 Å². The number of benzene rings is 1. The molecule has 0 spiro atoms. The highest BCUT2D eigenvalue weighted by molar-refractivity contribution is 5.95. The summed E-state index contributed by atoms with van der Waals surface area (Å²) in [6.45, 7) is 2.62. The van der Waals surface area contributed by atoms with Crippen LogP contribution in [0.3, 0.4) is 0 Å². The molecule has 16 heavy (non-hydrogen) atoms. The van der Waals surface area contributed by atoms with Crippen molar-refractivity contribution in [3.63, 3.8) is 0 Å². The van der Waals surface area contributed by atoms with Crippen LogP contribution in [0, 0.1) is 0 Å².